The molecule has 164 valence electrons. The molecule has 32 heavy (non-hydrogen) atoms. The monoisotopic (exact) mass is 438 g/mol. The number of benzene rings is 2. The summed E-state index contributed by atoms with van der Waals surface area (Å²) in [4.78, 5) is 7.07. The van der Waals surface area contributed by atoms with Crippen molar-refractivity contribution >= 4 is 5.69 Å². The zero-order valence-electron chi connectivity index (χ0n) is 17.5. The van der Waals surface area contributed by atoms with E-state index in [4.69, 9.17) is 4.74 Å². The van der Waals surface area contributed by atoms with Crippen molar-refractivity contribution in [3.8, 4) is 23.1 Å². The van der Waals surface area contributed by atoms with E-state index in [1.54, 1.807) is 0 Å². The first-order valence-electron chi connectivity index (χ1n) is 10.2. The zero-order valence-corrected chi connectivity index (χ0v) is 17.5. The Hall–Kier alpha value is -3.57. The molecule has 0 aliphatic carbocycles. The minimum atomic E-state index is -1.40. The number of ether oxygens (including phenoxy) is 1. The Labute approximate surface area is 184 Å². The molecule has 2 heterocycles. The van der Waals surface area contributed by atoms with Crippen molar-refractivity contribution in [2.24, 2.45) is 0 Å². The summed E-state index contributed by atoms with van der Waals surface area (Å²) in [7, 11) is 1.91. The van der Waals surface area contributed by atoms with Crippen LogP contribution in [0.2, 0.25) is 0 Å². The number of hydrogen-bond donors (Lipinski definition) is 0. The second-order valence-electron chi connectivity index (χ2n) is 7.62. The molecule has 0 saturated carbocycles. The normalized spacial score (nSPS) is 14.3. The Bertz CT molecular complexity index is 1160. The topological polar surface area (TPSA) is 52.4 Å². The molecule has 0 N–H and O–H groups in total. The Kier molecular flexibility index (Phi) is 6.28. The van der Waals surface area contributed by atoms with Crippen molar-refractivity contribution in [1.82, 2.24) is 9.88 Å². The zero-order chi connectivity index (χ0) is 22.7. The maximum atomic E-state index is 15.6. The second kappa shape index (κ2) is 9.28. The average molecular weight is 438 g/mol. The van der Waals surface area contributed by atoms with Gasteiger partial charge in [-0.2, -0.15) is 14.0 Å². The smallest absolute Gasteiger partial charge is 0.251 e. The molecule has 1 aliphatic rings. The lowest BCUT2D eigenvalue weighted by Gasteiger charge is -2.34. The molecule has 1 saturated heterocycles. The fourth-order valence-electron chi connectivity index (χ4n) is 3.63. The van der Waals surface area contributed by atoms with Gasteiger partial charge in [0.1, 0.15) is 23.7 Å². The molecule has 8 heteroatoms. The number of hydrogen-bond acceptors (Lipinski definition) is 5. The van der Waals surface area contributed by atoms with Crippen LogP contribution in [-0.2, 0) is 6.61 Å². The van der Waals surface area contributed by atoms with Crippen molar-refractivity contribution < 1.29 is 17.9 Å². The molecule has 0 unspecified atom stereocenters. The Morgan fingerprint density at radius 3 is 2.41 bits per heavy atom. The number of pyridine rings is 1. The van der Waals surface area contributed by atoms with Crippen molar-refractivity contribution in [2.75, 3.05) is 38.1 Å². The highest BCUT2D eigenvalue weighted by molar-refractivity contribution is 5.73. The maximum absolute atomic E-state index is 15.6. The first-order valence-corrected chi connectivity index (χ1v) is 10.2. The minimum Gasteiger partial charge on any atom is -0.488 e. The number of nitrogens with zero attached hydrogens (tertiary/aromatic N) is 4. The van der Waals surface area contributed by atoms with E-state index in [-0.39, 0.29) is 23.5 Å². The number of halogens is 3. The number of rotatable bonds is 5. The fraction of sp³-hybridized carbons (Fsp3) is 0.250. The Morgan fingerprint density at radius 1 is 1.00 bits per heavy atom. The van der Waals surface area contributed by atoms with Crippen LogP contribution in [0.4, 0.5) is 18.9 Å². The van der Waals surface area contributed by atoms with Gasteiger partial charge in [-0.05, 0) is 30.8 Å². The Balaban J connectivity index is 1.77. The molecule has 0 spiro atoms. The van der Waals surface area contributed by atoms with Gasteiger partial charge in [-0.1, -0.05) is 30.3 Å². The molecule has 1 aliphatic heterocycles. The summed E-state index contributed by atoms with van der Waals surface area (Å²) in [6, 6.07) is 15.7. The molecule has 0 radical (unpaired) electrons. The average Bonchev–Trinajstić information content (AvgIpc) is 2.82. The van der Waals surface area contributed by atoms with Crippen LogP contribution in [0, 0.1) is 28.9 Å². The largest absolute Gasteiger partial charge is 0.488 e. The van der Waals surface area contributed by atoms with Crippen molar-refractivity contribution in [3.63, 3.8) is 0 Å². The predicted octanol–water partition coefficient (Wildman–Crippen LogP) is 4.37. The van der Waals surface area contributed by atoms with Crippen molar-refractivity contribution in [2.45, 2.75) is 6.61 Å². The molecule has 1 fully saturated rings. The lowest BCUT2D eigenvalue weighted by atomic mass is 10.0. The van der Waals surface area contributed by atoms with Crippen molar-refractivity contribution in [1.29, 1.82) is 5.26 Å². The number of likely N-dealkylation sites (N-methyl/N-ethyl adjacent to an activating group) is 1. The first-order chi connectivity index (χ1) is 15.5. The summed E-state index contributed by atoms with van der Waals surface area (Å²) < 4.78 is 50.6. The van der Waals surface area contributed by atoms with Gasteiger partial charge in [0.2, 0.25) is 5.82 Å². The molecule has 3 aromatic rings. The van der Waals surface area contributed by atoms with Crippen LogP contribution in [0.1, 0.15) is 11.1 Å². The minimum absolute atomic E-state index is 0.0896. The third-order valence-corrected chi connectivity index (χ3v) is 5.44. The molecule has 0 atom stereocenters. The third-order valence-electron chi connectivity index (χ3n) is 5.44. The van der Waals surface area contributed by atoms with Gasteiger partial charge < -0.3 is 14.5 Å². The van der Waals surface area contributed by atoms with Crippen LogP contribution in [0.3, 0.4) is 0 Å². The number of anilines is 1. The standard InChI is InChI=1S/C24H21F3N4O/c1-30-9-11-31(12-10-30)23-20(25)22(29-24(27)21(23)26)18-13-17(14-28)7-8-19(18)32-15-16-5-3-2-4-6-16/h2-8,13H,9-12,15H2,1H3. The van der Waals surface area contributed by atoms with Crippen LogP contribution < -0.4 is 9.64 Å². The molecular formula is C24H21F3N4O. The van der Waals surface area contributed by atoms with Gasteiger partial charge >= 0.3 is 0 Å². The molecular weight excluding hydrogens is 417 g/mol. The van der Waals surface area contributed by atoms with E-state index in [2.05, 4.69) is 4.98 Å². The van der Waals surface area contributed by atoms with Crippen LogP contribution in [0.15, 0.2) is 48.5 Å². The molecule has 2 aromatic carbocycles. The van der Waals surface area contributed by atoms with E-state index in [0.717, 1.165) is 5.56 Å². The van der Waals surface area contributed by atoms with Gasteiger partial charge in [0.15, 0.2) is 5.82 Å². The third kappa shape index (κ3) is 4.39. The summed E-state index contributed by atoms with van der Waals surface area (Å²) in [5.74, 6) is -3.48. The van der Waals surface area contributed by atoms with E-state index in [9.17, 15) is 14.0 Å². The number of piperazine rings is 1. The summed E-state index contributed by atoms with van der Waals surface area (Å²) >= 11 is 0. The van der Waals surface area contributed by atoms with Gasteiger partial charge in [0.05, 0.1) is 11.6 Å². The summed E-state index contributed by atoms with van der Waals surface area (Å²) in [5.41, 5.74) is 0.348. The van der Waals surface area contributed by atoms with E-state index in [1.165, 1.54) is 23.1 Å². The molecule has 0 amide bonds. The lowest BCUT2D eigenvalue weighted by Crippen LogP contribution is -2.45. The highest BCUT2D eigenvalue weighted by Crippen LogP contribution is 2.37. The van der Waals surface area contributed by atoms with Crippen LogP contribution >= 0.6 is 0 Å². The van der Waals surface area contributed by atoms with E-state index >= 15 is 4.39 Å². The molecule has 4 rings (SSSR count). The summed E-state index contributed by atoms with van der Waals surface area (Å²) in [6.45, 7) is 2.06. The second-order valence-corrected chi connectivity index (χ2v) is 7.62. The van der Waals surface area contributed by atoms with E-state index in [0.29, 0.717) is 26.2 Å². The van der Waals surface area contributed by atoms with Gasteiger partial charge in [-0.3, -0.25) is 0 Å². The number of aromatic nitrogens is 1. The lowest BCUT2D eigenvalue weighted by molar-refractivity contribution is 0.306. The highest BCUT2D eigenvalue weighted by atomic mass is 19.2. The SMILES string of the molecule is CN1CCN(c2c(F)c(F)nc(-c3cc(C#N)ccc3OCc3ccccc3)c2F)CC1. The van der Waals surface area contributed by atoms with Gasteiger partial charge in [0, 0.05) is 31.7 Å². The van der Waals surface area contributed by atoms with Crippen LogP contribution in [0.25, 0.3) is 11.3 Å². The highest BCUT2D eigenvalue weighted by Gasteiger charge is 2.28. The summed E-state index contributed by atoms with van der Waals surface area (Å²) in [5, 5.41) is 9.31. The van der Waals surface area contributed by atoms with Crippen LogP contribution in [-0.4, -0.2) is 43.1 Å². The molecule has 5 nitrogen and oxygen atoms in total. The first kappa shape index (κ1) is 21.7. The number of nitriles is 1. The van der Waals surface area contributed by atoms with Crippen molar-refractivity contribution in [3.05, 3.63) is 77.2 Å². The van der Waals surface area contributed by atoms with Gasteiger partial charge in [0.25, 0.3) is 5.95 Å². The van der Waals surface area contributed by atoms with Crippen LogP contribution in [0.5, 0.6) is 5.75 Å². The fourth-order valence-corrected chi connectivity index (χ4v) is 3.63. The predicted molar refractivity (Wildman–Crippen MR) is 115 cm³/mol. The quantitative estimate of drug-likeness (QED) is 0.554. The van der Waals surface area contributed by atoms with E-state index in [1.807, 2.05) is 48.3 Å². The Morgan fingerprint density at radius 2 is 1.72 bits per heavy atom. The molecule has 1 aromatic heterocycles. The maximum Gasteiger partial charge on any atom is 0.251 e. The molecule has 0 bridgehead atoms. The van der Waals surface area contributed by atoms with Gasteiger partial charge in [-0.25, -0.2) is 9.37 Å². The van der Waals surface area contributed by atoms with E-state index < -0.39 is 29.0 Å². The van der Waals surface area contributed by atoms with Gasteiger partial charge in [-0.15, -0.1) is 0 Å². The summed E-state index contributed by atoms with van der Waals surface area (Å²) in [6.07, 6.45) is 0.